The van der Waals surface area contributed by atoms with E-state index in [2.05, 4.69) is 31.0 Å². The van der Waals surface area contributed by atoms with Gasteiger partial charge in [-0.2, -0.15) is 0 Å². The second kappa shape index (κ2) is 6.81. The maximum Gasteiger partial charge on any atom is 0.0577 e. The maximum atomic E-state index is 10.7. The van der Waals surface area contributed by atoms with Crippen molar-refractivity contribution in [2.45, 2.75) is 58.5 Å². The van der Waals surface area contributed by atoms with Crippen molar-refractivity contribution in [3.8, 4) is 0 Å². The Hall–Kier alpha value is -1.45. The first-order valence-corrected chi connectivity index (χ1v) is 11.2. The zero-order valence-corrected chi connectivity index (χ0v) is 17.1. The van der Waals surface area contributed by atoms with Crippen molar-refractivity contribution >= 4 is 5.57 Å². The molecule has 28 heavy (non-hydrogen) atoms. The van der Waals surface area contributed by atoms with Crippen LogP contribution in [0.1, 0.15) is 57.9 Å². The molecule has 3 nitrogen and oxygen atoms in total. The molecule has 1 aromatic heterocycles. The van der Waals surface area contributed by atoms with Crippen LogP contribution >= 0.6 is 0 Å². The molecule has 4 aliphatic rings. The number of rotatable bonds is 2. The zero-order valence-electron chi connectivity index (χ0n) is 17.1. The van der Waals surface area contributed by atoms with E-state index in [9.17, 15) is 10.2 Å². The third kappa shape index (κ3) is 2.59. The molecular formula is C25H33NO2. The fourth-order valence-corrected chi connectivity index (χ4v) is 7.73. The summed E-state index contributed by atoms with van der Waals surface area (Å²) in [7, 11) is 0. The van der Waals surface area contributed by atoms with Crippen LogP contribution in [0.4, 0.5) is 0 Å². The molecule has 2 fully saturated rings. The molecule has 0 spiro atoms. The average Bonchev–Trinajstić information content (AvgIpc) is 3.00. The van der Waals surface area contributed by atoms with Gasteiger partial charge in [0.2, 0.25) is 0 Å². The lowest BCUT2D eigenvalue weighted by molar-refractivity contribution is -0.0331. The minimum Gasteiger partial charge on any atom is -0.395 e. The maximum absolute atomic E-state index is 10.7. The first-order chi connectivity index (χ1) is 13.5. The van der Waals surface area contributed by atoms with Gasteiger partial charge in [-0.3, -0.25) is 4.98 Å². The summed E-state index contributed by atoms with van der Waals surface area (Å²) in [6.45, 7) is 4.90. The first-order valence-electron chi connectivity index (χ1n) is 11.2. The number of aliphatic hydroxyl groups excluding tert-OH is 2. The van der Waals surface area contributed by atoms with Crippen LogP contribution in [-0.2, 0) is 0 Å². The van der Waals surface area contributed by atoms with Crippen LogP contribution in [-0.4, -0.2) is 27.9 Å². The molecule has 0 amide bonds. The van der Waals surface area contributed by atoms with E-state index in [4.69, 9.17) is 0 Å². The Labute approximate surface area is 168 Å². The summed E-state index contributed by atoms with van der Waals surface area (Å²) < 4.78 is 0. The molecular weight excluding hydrogens is 346 g/mol. The number of fused-ring (bicyclic) bond motifs is 5. The van der Waals surface area contributed by atoms with Crippen molar-refractivity contribution in [1.29, 1.82) is 0 Å². The summed E-state index contributed by atoms with van der Waals surface area (Å²) in [4.78, 5) is 4.38. The predicted octanol–water partition coefficient (Wildman–Crippen LogP) is 4.62. The fraction of sp³-hybridized carbons (Fsp3) is 0.640. The first kappa shape index (κ1) is 18.6. The Morgan fingerprint density at radius 3 is 2.82 bits per heavy atom. The highest BCUT2D eigenvalue weighted by Gasteiger charge is 2.58. The van der Waals surface area contributed by atoms with Crippen molar-refractivity contribution in [2.75, 3.05) is 6.61 Å². The number of aromatic nitrogens is 1. The second-order valence-electron chi connectivity index (χ2n) is 9.94. The van der Waals surface area contributed by atoms with E-state index in [1.165, 1.54) is 28.7 Å². The van der Waals surface area contributed by atoms with Crippen LogP contribution in [0.15, 0.2) is 41.7 Å². The standard InChI is InChI=1S/C25H33NO2/c1-15-10-18-12-19(28)5-6-20(18)21-7-8-25(14-27)22(23(15)21)11-16(2)24(25)17-4-3-9-26-13-17/h3-4,9-10,13,15,19-23,27-28H,5-8,11-12,14H2,1-2H3/t15-,19-,20-,21+,22-,23+,25+/m0/s1. The molecule has 2 N–H and O–H groups in total. The highest BCUT2D eigenvalue weighted by Crippen LogP contribution is 2.65. The Bertz CT molecular complexity index is 813. The van der Waals surface area contributed by atoms with E-state index in [-0.39, 0.29) is 18.1 Å². The number of aliphatic hydroxyl groups is 2. The van der Waals surface area contributed by atoms with Crippen LogP contribution in [0.3, 0.4) is 0 Å². The van der Waals surface area contributed by atoms with Gasteiger partial charge < -0.3 is 10.2 Å². The van der Waals surface area contributed by atoms with E-state index in [1.807, 2.05) is 18.5 Å². The summed E-state index contributed by atoms with van der Waals surface area (Å²) >= 11 is 0. The number of hydrogen-bond donors (Lipinski definition) is 2. The Kier molecular flexibility index (Phi) is 4.52. The van der Waals surface area contributed by atoms with Crippen LogP contribution in [0.2, 0.25) is 0 Å². The van der Waals surface area contributed by atoms with Gasteiger partial charge in [0.25, 0.3) is 0 Å². The third-order valence-corrected chi connectivity index (χ3v) is 8.64. The molecule has 0 radical (unpaired) electrons. The van der Waals surface area contributed by atoms with Gasteiger partial charge in [-0.1, -0.05) is 30.2 Å². The van der Waals surface area contributed by atoms with E-state index < -0.39 is 0 Å². The van der Waals surface area contributed by atoms with Gasteiger partial charge in [-0.25, -0.2) is 0 Å². The Balaban J connectivity index is 1.54. The summed E-state index contributed by atoms with van der Waals surface area (Å²) in [5, 5.41) is 20.9. The highest BCUT2D eigenvalue weighted by atomic mass is 16.3. The molecule has 0 aromatic carbocycles. The normalized spacial score (nSPS) is 42.5. The van der Waals surface area contributed by atoms with Crippen LogP contribution in [0.5, 0.6) is 0 Å². The van der Waals surface area contributed by atoms with Gasteiger partial charge in [0, 0.05) is 17.8 Å². The molecule has 4 aliphatic carbocycles. The molecule has 3 heteroatoms. The molecule has 0 bridgehead atoms. The predicted molar refractivity (Wildman–Crippen MR) is 111 cm³/mol. The summed E-state index contributed by atoms with van der Waals surface area (Å²) in [5.74, 6) is 3.05. The number of pyridine rings is 1. The largest absolute Gasteiger partial charge is 0.395 e. The molecule has 0 aliphatic heterocycles. The average molecular weight is 380 g/mol. The molecule has 0 unspecified atom stereocenters. The van der Waals surface area contributed by atoms with E-state index in [1.54, 1.807) is 0 Å². The molecule has 0 saturated heterocycles. The van der Waals surface area contributed by atoms with E-state index in [0.29, 0.717) is 29.6 Å². The fourth-order valence-electron chi connectivity index (χ4n) is 7.73. The Morgan fingerprint density at radius 2 is 2.07 bits per heavy atom. The summed E-state index contributed by atoms with van der Waals surface area (Å²) in [5.41, 5.74) is 5.46. The van der Waals surface area contributed by atoms with E-state index in [0.717, 1.165) is 32.1 Å². The minimum absolute atomic E-state index is 0.109. The zero-order chi connectivity index (χ0) is 19.5. The highest BCUT2D eigenvalue weighted by molar-refractivity contribution is 5.75. The Morgan fingerprint density at radius 1 is 1.21 bits per heavy atom. The summed E-state index contributed by atoms with van der Waals surface area (Å²) in [6.07, 6.45) is 12.5. The quantitative estimate of drug-likeness (QED) is 0.738. The van der Waals surface area contributed by atoms with Crippen molar-refractivity contribution in [1.82, 2.24) is 4.98 Å². The van der Waals surface area contributed by atoms with Crippen molar-refractivity contribution in [3.63, 3.8) is 0 Å². The van der Waals surface area contributed by atoms with Crippen LogP contribution in [0.25, 0.3) is 5.57 Å². The third-order valence-electron chi connectivity index (χ3n) is 8.64. The molecule has 7 atom stereocenters. The molecule has 1 heterocycles. The lowest BCUT2D eigenvalue weighted by atomic mass is 9.49. The van der Waals surface area contributed by atoms with Gasteiger partial charge in [0.05, 0.1) is 12.7 Å². The minimum atomic E-state index is -0.140. The topological polar surface area (TPSA) is 53.4 Å². The lowest BCUT2D eigenvalue weighted by Gasteiger charge is -2.55. The molecule has 150 valence electrons. The van der Waals surface area contributed by atoms with Gasteiger partial charge in [-0.15, -0.1) is 0 Å². The summed E-state index contributed by atoms with van der Waals surface area (Å²) in [6, 6.07) is 4.19. The van der Waals surface area contributed by atoms with Gasteiger partial charge in [0.1, 0.15) is 0 Å². The number of hydrogen-bond acceptors (Lipinski definition) is 3. The van der Waals surface area contributed by atoms with Crippen molar-refractivity contribution in [2.24, 2.45) is 35.0 Å². The van der Waals surface area contributed by atoms with Crippen molar-refractivity contribution in [3.05, 3.63) is 47.3 Å². The van der Waals surface area contributed by atoms with E-state index >= 15 is 0 Å². The van der Waals surface area contributed by atoms with Crippen LogP contribution < -0.4 is 0 Å². The number of nitrogens with zero attached hydrogens (tertiary/aromatic N) is 1. The monoisotopic (exact) mass is 379 g/mol. The van der Waals surface area contributed by atoms with Gasteiger partial charge in [0.15, 0.2) is 0 Å². The molecule has 1 aromatic rings. The van der Waals surface area contributed by atoms with Crippen molar-refractivity contribution < 1.29 is 10.2 Å². The molecule has 5 rings (SSSR count). The van der Waals surface area contributed by atoms with Crippen LogP contribution in [0, 0.1) is 35.0 Å². The SMILES string of the molecule is CC1=C(c2cccnc2)[C@@]2(CO)CC[C@H]3[C@@H]([C@@H](C)C=C4C[C@@H](O)CC[C@@H]43)[C@@H]2C1. The van der Waals surface area contributed by atoms with Gasteiger partial charge >= 0.3 is 0 Å². The second-order valence-corrected chi connectivity index (χ2v) is 9.94. The number of allylic oxidation sites excluding steroid dienone is 2. The molecule has 2 saturated carbocycles. The smallest absolute Gasteiger partial charge is 0.0577 e. The van der Waals surface area contributed by atoms with Gasteiger partial charge in [-0.05, 0) is 92.2 Å². The lowest BCUT2D eigenvalue weighted by Crippen LogP contribution is -2.50.